The zero-order valence-corrected chi connectivity index (χ0v) is 22.4. The molecule has 0 aliphatic rings. The van der Waals surface area contributed by atoms with Gasteiger partial charge >= 0.3 is 16.5 Å². The first-order valence-corrected chi connectivity index (χ1v) is 13.3. The number of carbonyl (C=O) groups excluding carboxylic acids is 2. The molecule has 196 valence electrons. The van der Waals surface area contributed by atoms with E-state index in [2.05, 4.69) is 13.8 Å². The molecule has 5 heteroatoms. The second-order valence-electron chi connectivity index (χ2n) is 8.68. The first-order valence-electron chi connectivity index (χ1n) is 13.3. The van der Waals surface area contributed by atoms with Gasteiger partial charge in [0, 0.05) is 0 Å². The van der Waals surface area contributed by atoms with Crippen LogP contribution in [0.5, 0.6) is 0 Å². The normalized spacial score (nSPS) is 10.7. The monoisotopic (exact) mass is 508 g/mol. The zero-order valence-electron chi connectivity index (χ0n) is 21.4. The molecule has 0 rings (SSSR count). The number of allylic oxidation sites excluding steroid dienone is 2. The van der Waals surface area contributed by atoms with E-state index in [4.69, 9.17) is 0 Å². The second kappa shape index (κ2) is 33.1. The average Bonchev–Trinajstić information content (AvgIpc) is 2.76. The van der Waals surface area contributed by atoms with Crippen LogP contribution < -0.4 is 10.2 Å². The first kappa shape index (κ1) is 36.5. The van der Waals surface area contributed by atoms with Gasteiger partial charge in [0.05, 0.1) is 11.9 Å². The minimum atomic E-state index is -1.09. The SMILES string of the molecule is CCCCCCCCCCCC=CC(=O)[O-].CCCCCCCCCCCC=CC(=O)[O-].[Ni+2]. The average molecular weight is 509 g/mol. The van der Waals surface area contributed by atoms with Crippen LogP contribution in [0.15, 0.2) is 24.3 Å². The smallest absolute Gasteiger partial charge is 0.545 e. The quantitative estimate of drug-likeness (QED) is 0.0958. The van der Waals surface area contributed by atoms with Crippen molar-refractivity contribution in [2.75, 3.05) is 0 Å². The molecule has 0 fully saturated rings. The topological polar surface area (TPSA) is 80.3 Å². The van der Waals surface area contributed by atoms with Crippen molar-refractivity contribution >= 4 is 11.9 Å². The van der Waals surface area contributed by atoms with Crippen molar-refractivity contribution in [1.82, 2.24) is 0 Å². The molecule has 0 unspecified atom stereocenters. The molecule has 0 aromatic rings. The van der Waals surface area contributed by atoms with Gasteiger partial charge < -0.3 is 19.8 Å². The van der Waals surface area contributed by atoms with E-state index in [1.807, 2.05) is 0 Å². The van der Waals surface area contributed by atoms with Crippen molar-refractivity contribution in [3.8, 4) is 0 Å². The van der Waals surface area contributed by atoms with Crippen molar-refractivity contribution in [3.63, 3.8) is 0 Å². The Labute approximate surface area is 214 Å². The minimum absolute atomic E-state index is 0. The van der Waals surface area contributed by atoms with Crippen molar-refractivity contribution in [2.24, 2.45) is 0 Å². The number of hydrogen-bond donors (Lipinski definition) is 0. The summed E-state index contributed by atoms with van der Waals surface area (Å²) in [5, 5.41) is 20.1. The molecular weight excluding hydrogens is 459 g/mol. The molecule has 0 saturated carbocycles. The van der Waals surface area contributed by atoms with Crippen molar-refractivity contribution in [3.05, 3.63) is 24.3 Å². The van der Waals surface area contributed by atoms with E-state index in [0.717, 1.165) is 37.8 Å². The number of carbonyl (C=O) groups is 2. The van der Waals surface area contributed by atoms with Gasteiger partial charge in [-0.3, -0.25) is 0 Å². The number of carboxylic acid groups (broad SMARTS) is 2. The number of rotatable bonds is 22. The maximum Gasteiger partial charge on any atom is 2.00 e. The van der Waals surface area contributed by atoms with E-state index in [9.17, 15) is 19.8 Å². The third-order valence-electron chi connectivity index (χ3n) is 5.46. The summed E-state index contributed by atoms with van der Waals surface area (Å²) < 4.78 is 0. The van der Waals surface area contributed by atoms with Crippen LogP contribution in [0, 0.1) is 0 Å². The van der Waals surface area contributed by atoms with E-state index < -0.39 is 11.9 Å². The van der Waals surface area contributed by atoms with Crippen molar-refractivity contribution < 1.29 is 36.3 Å². The van der Waals surface area contributed by atoms with Crippen LogP contribution in [-0.4, -0.2) is 11.9 Å². The van der Waals surface area contributed by atoms with Crippen molar-refractivity contribution in [1.29, 1.82) is 0 Å². The third kappa shape index (κ3) is 41.6. The Morgan fingerprint density at radius 1 is 0.485 bits per heavy atom. The summed E-state index contributed by atoms with van der Waals surface area (Å²) >= 11 is 0. The number of hydrogen-bond acceptors (Lipinski definition) is 4. The molecule has 0 saturated heterocycles. The van der Waals surface area contributed by atoms with Gasteiger partial charge in [-0.2, -0.15) is 0 Å². The van der Waals surface area contributed by atoms with Crippen LogP contribution in [-0.2, 0) is 26.1 Å². The molecule has 0 bridgehead atoms. The molecule has 0 aromatic heterocycles. The van der Waals surface area contributed by atoms with E-state index in [0.29, 0.717) is 0 Å². The summed E-state index contributed by atoms with van der Waals surface area (Å²) in [7, 11) is 0. The standard InChI is InChI=1S/2C14H26O2.Ni/c2*1-2-3-4-5-6-7-8-9-10-11-12-13-14(15)16;/h2*12-13H,2-11H2,1H3,(H,15,16);/q;;+2/p-2. The van der Waals surface area contributed by atoms with E-state index in [1.54, 1.807) is 12.2 Å². The van der Waals surface area contributed by atoms with Gasteiger partial charge in [0.1, 0.15) is 0 Å². The Hall–Kier alpha value is -1.09. The summed E-state index contributed by atoms with van der Waals surface area (Å²) in [6.07, 6.45) is 30.8. The fraction of sp³-hybridized carbons (Fsp3) is 0.786. The van der Waals surface area contributed by atoms with Crippen LogP contribution in [0.3, 0.4) is 0 Å². The van der Waals surface area contributed by atoms with Crippen LogP contribution in [0.1, 0.15) is 142 Å². The number of unbranched alkanes of at least 4 members (excludes halogenated alkanes) is 18. The molecule has 33 heavy (non-hydrogen) atoms. The molecule has 4 nitrogen and oxygen atoms in total. The van der Waals surface area contributed by atoms with Crippen LogP contribution in [0.25, 0.3) is 0 Å². The fourth-order valence-electron chi connectivity index (χ4n) is 3.50. The van der Waals surface area contributed by atoms with Gasteiger partial charge in [0.15, 0.2) is 0 Å². The molecule has 0 aliphatic carbocycles. The van der Waals surface area contributed by atoms with Crippen LogP contribution in [0.4, 0.5) is 0 Å². The molecule has 0 spiro atoms. The molecule has 0 atom stereocenters. The van der Waals surface area contributed by atoms with Gasteiger partial charge in [-0.05, 0) is 37.8 Å². The van der Waals surface area contributed by atoms with Gasteiger partial charge in [-0.15, -0.1) is 0 Å². The Morgan fingerprint density at radius 3 is 0.970 bits per heavy atom. The first-order chi connectivity index (χ1) is 15.5. The van der Waals surface area contributed by atoms with Gasteiger partial charge in [0.25, 0.3) is 0 Å². The molecule has 0 amide bonds. The minimum Gasteiger partial charge on any atom is -0.545 e. The predicted octanol–water partition coefficient (Wildman–Crippen LogP) is 6.42. The summed E-state index contributed by atoms with van der Waals surface area (Å²) in [6.45, 7) is 4.47. The number of aliphatic carboxylic acids is 2. The summed E-state index contributed by atoms with van der Waals surface area (Å²) in [5.41, 5.74) is 0. The van der Waals surface area contributed by atoms with E-state index >= 15 is 0 Å². The zero-order chi connectivity index (χ0) is 24.1. The van der Waals surface area contributed by atoms with Gasteiger partial charge in [-0.25, -0.2) is 0 Å². The van der Waals surface area contributed by atoms with E-state index in [1.165, 1.54) is 103 Å². The number of carboxylic acids is 2. The predicted molar refractivity (Wildman–Crippen MR) is 132 cm³/mol. The summed E-state index contributed by atoms with van der Waals surface area (Å²) in [6, 6.07) is 0. The Balaban J connectivity index is -0.000000529. The Kier molecular flexibility index (Phi) is 36.6. The third-order valence-corrected chi connectivity index (χ3v) is 5.46. The van der Waals surface area contributed by atoms with Crippen LogP contribution >= 0.6 is 0 Å². The maximum absolute atomic E-state index is 10.1. The summed E-state index contributed by atoms with van der Waals surface area (Å²) in [5.74, 6) is -2.17. The van der Waals surface area contributed by atoms with Gasteiger partial charge in [-0.1, -0.05) is 129 Å². The molecule has 0 radical (unpaired) electrons. The largest absolute Gasteiger partial charge is 2.00 e. The van der Waals surface area contributed by atoms with Crippen molar-refractivity contribution in [2.45, 2.75) is 142 Å². The second-order valence-corrected chi connectivity index (χ2v) is 8.68. The molecule has 0 aromatic carbocycles. The molecular formula is C28H50NiO4. The van der Waals surface area contributed by atoms with Crippen LogP contribution in [0.2, 0.25) is 0 Å². The molecule has 0 aliphatic heterocycles. The van der Waals surface area contributed by atoms with Gasteiger partial charge in [0.2, 0.25) is 0 Å². The summed E-state index contributed by atoms with van der Waals surface area (Å²) in [4.78, 5) is 20.1. The van der Waals surface area contributed by atoms with E-state index in [-0.39, 0.29) is 16.5 Å². The molecule has 0 N–H and O–H groups in total. The Bertz CT molecular complexity index is 419. The maximum atomic E-state index is 10.1. The molecule has 0 heterocycles. The fourth-order valence-corrected chi connectivity index (χ4v) is 3.50. The Morgan fingerprint density at radius 2 is 0.727 bits per heavy atom.